The van der Waals surface area contributed by atoms with Gasteiger partial charge in [-0.2, -0.15) is 0 Å². The average Bonchev–Trinajstić information content (AvgIpc) is 2.39. The Labute approximate surface area is 109 Å². The number of nitrogens with one attached hydrogen (secondary N) is 1. The predicted molar refractivity (Wildman–Crippen MR) is 71.6 cm³/mol. The molecule has 0 radical (unpaired) electrons. The molecule has 1 aromatic heterocycles. The van der Waals surface area contributed by atoms with Crippen LogP contribution < -0.4 is 5.56 Å². The lowest BCUT2D eigenvalue weighted by Crippen LogP contribution is -2.14. The second-order valence-electron chi connectivity index (χ2n) is 4.13. The molecule has 0 aliphatic carbocycles. The number of aromatic hydroxyl groups is 1. The second-order valence-corrected chi connectivity index (χ2v) is 4.13. The molecule has 0 saturated carbocycles. The minimum atomic E-state index is -0.694. The largest absolute Gasteiger partial charge is 0.502 e. The molecule has 0 atom stereocenters. The molecule has 0 unspecified atom stereocenters. The predicted octanol–water partition coefficient (Wildman–Crippen LogP) is 1.97. The molecule has 0 bridgehead atoms. The van der Waals surface area contributed by atoms with Crippen molar-refractivity contribution in [2.45, 2.75) is 20.3 Å². The Hall–Kier alpha value is -2.30. The highest BCUT2D eigenvalue weighted by Gasteiger charge is 2.19. The molecule has 0 amide bonds. The Morgan fingerprint density at radius 1 is 1.37 bits per heavy atom. The number of hydrogen-bond acceptors (Lipinski definition) is 4. The zero-order valence-corrected chi connectivity index (χ0v) is 10.8. The fraction of sp³-hybridized carbons (Fsp3) is 0.286. The van der Waals surface area contributed by atoms with Crippen LogP contribution in [-0.4, -0.2) is 22.7 Å². The Balaban J connectivity index is 2.76. The van der Waals surface area contributed by atoms with E-state index in [0.717, 1.165) is 12.0 Å². The van der Waals surface area contributed by atoms with Crippen molar-refractivity contribution in [2.75, 3.05) is 6.61 Å². The first-order valence-electron chi connectivity index (χ1n) is 6.13. The third-order valence-corrected chi connectivity index (χ3v) is 2.94. The Kier molecular flexibility index (Phi) is 3.55. The van der Waals surface area contributed by atoms with Gasteiger partial charge in [0.1, 0.15) is 5.56 Å². The molecule has 2 aromatic rings. The fourth-order valence-electron chi connectivity index (χ4n) is 1.97. The van der Waals surface area contributed by atoms with Crippen molar-refractivity contribution < 1.29 is 14.6 Å². The molecular formula is C14H15NO4. The molecule has 0 fully saturated rings. The maximum atomic E-state index is 11.9. The third-order valence-electron chi connectivity index (χ3n) is 2.94. The summed E-state index contributed by atoms with van der Waals surface area (Å²) in [5.41, 5.74) is 0.779. The number of esters is 1. The van der Waals surface area contributed by atoms with E-state index in [1.54, 1.807) is 19.1 Å². The number of rotatable bonds is 3. The highest BCUT2D eigenvalue weighted by atomic mass is 16.5. The number of aromatic amines is 1. The van der Waals surface area contributed by atoms with Gasteiger partial charge in [-0.3, -0.25) is 4.79 Å². The second kappa shape index (κ2) is 5.14. The van der Waals surface area contributed by atoms with Crippen LogP contribution in [0.25, 0.3) is 10.9 Å². The minimum Gasteiger partial charge on any atom is -0.502 e. The molecule has 100 valence electrons. The molecule has 1 aromatic carbocycles. The standard InChI is InChI=1S/C14H15NO4/c1-3-8-5-6-9-10(7-8)15-13(17)12(16)11(9)14(18)19-4-2/h5-7,16H,3-4H2,1-2H3,(H,15,17). The van der Waals surface area contributed by atoms with Crippen molar-refractivity contribution in [3.05, 3.63) is 39.7 Å². The van der Waals surface area contributed by atoms with Crippen LogP contribution in [0.15, 0.2) is 23.0 Å². The van der Waals surface area contributed by atoms with Gasteiger partial charge in [-0.15, -0.1) is 0 Å². The Morgan fingerprint density at radius 3 is 2.74 bits per heavy atom. The van der Waals surface area contributed by atoms with Crippen molar-refractivity contribution in [2.24, 2.45) is 0 Å². The van der Waals surface area contributed by atoms with Crippen LogP contribution in [0.5, 0.6) is 5.75 Å². The number of benzene rings is 1. The normalized spacial score (nSPS) is 10.6. The maximum absolute atomic E-state index is 11.9. The van der Waals surface area contributed by atoms with Crippen molar-refractivity contribution >= 4 is 16.9 Å². The number of H-pyrrole nitrogens is 1. The summed E-state index contributed by atoms with van der Waals surface area (Å²) < 4.78 is 4.88. The highest BCUT2D eigenvalue weighted by molar-refractivity contribution is 6.05. The van der Waals surface area contributed by atoms with E-state index < -0.39 is 17.3 Å². The van der Waals surface area contributed by atoms with Crippen LogP contribution in [0.3, 0.4) is 0 Å². The summed E-state index contributed by atoms with van der Waals surface area (Å²) in [5, 5.41) is 10.3. The van der Waals surface area contributed by atoms with Crippen molar-refractivity contribution in [3.63, 3.8) is 0 Å². The van der Waals surface area contributed by atoms with Crippen LogP contribution in [-0.2, 0) is 11.2 Å². The first-order valence-corrected chi connectivity index (χ1v) is 6.13. The van der Waals surface area contributed by atoms with Crippen LogP contribution in [0.1, 0.15) is 29.8 Å². The van der Waals surface area contributed by atoms with E-state index >= 15 is 0 Å². The molecule has 19 heavy (non-hydrogen) atoms. The van der Waals surface area contributed by atoms with E-state index in [1.807, 2.05) is 13.0 Å². The molecule has 0 aliphatic heterocycles. The Bertz CT molecular complexity index is 688. The zero-order valence-electron chi connectivity index (χ0n) is 10.8. The molecule has 0 spiro atoms. The summed E-state index contributed by atoms with van der Waals surface area (Å²) >= 11 is 0. The van der Waals surface area contributed by atoms with Gasteiger partial charge in [0, 0.05) is 10.9 Å². The summed E-state index contributed by atoms with van der Waals surface area (Å²) in [6, 6.07) is 5.35. The molecular weight excluding hydrogens is 246 g/mol. The molecule has 0 aliphatic rings. The van der Waals surface area contributed by atoms with Gasteiger partial charge in [0.15, 0.2) is 5.75 Å². The number of hydrogen-bond donors (Lipinski definition) is 2. The summed E-state index contributed by atoms with van der Waals surface area (Å²) in [6.07, 6.45) is 0.813. The summed E-state index contributed by atoms with van der Waals surface area (Å²) in [6.45, 7) is 3.84. The number of fused-ring (bicyclic) bond motifs is 1. The number of aromatic nitrogens is 1. The third kappa shape index (κ3) is 2.31. The minimum absolute atomic E-state index is 0.0803. The van der Waals surface area contributed by atoms with E-state index in [9.17, 15) is 14.7 Å². The first kappa shape index (κ1) is 13.1. The van der Waals surface area contributed by atoms with E-state index in [-0.39, 0.29) is 12.2 Å². The quantitative estimate of drug-likeness (QED) is 0.828. The number of pyridine rings is 1. The molecule has 2 rings (SSSR count). The number of carbonyl (C=O) groups excluding carboxylic acids is 1. The lowest BCUT2D eigenvalue weighted by atomic mass is 10.0. The van der Waals surface area contributed by atoms with E-state index in [0.29, 0.717) is 10.9 Å². The van der Waals surface area contributed by atoms with E-state index in [2.05, 4.69) is 4.98 Å². The van der Waals surface area contributed by atoms with Crippen molar-refractivity contribution in [3.8, 4) is 5.75 Å². The van der Waals surface area contributed by atoms with E-state index in [4.69, 9.17) is 4.74 Å². The van der Waals surface area contributed by atoms with Gasteiger partial charge in [0.2, 0.25) is 0 Å². The Morgan fingerprint density at radius 2 is 2.11 bits per heavy atom. The van der Waals surface area contributed by atoms with Gasteiger partial charge in [-0.1, -0.05) is 19.1 Å². The van der Waals surface area contributed by atoms with Gasteiger partial charge in [0.05, 0.1) is 6.61 Å². The summed E-state index contributed by atoms with van der Waals surface area (Å²) in [7, 11) is 0. The smallest absolute Gasteiger partial charge is 0.342 e. The number of ether oxygens (including phenoxy) is 1. The van der Waals surface area contributed by atoms with Crippen molar-refractivity contribution in [1.82, 2.24) is 4.98 Å². The summed E-state index contributed by atoms with van der Waals surface area (Å²) in [5.74, 6) is -1.30. The first-order chi connectivity index (χ1) is 9.08. The lowest BCUT2D eigenvalue weighted by molar-refractivity contribution is 0.0525. The monoisotopic (exact) mass is 261 g/mol. The van der Waals surface area contributed by atoms with Gasteiger partial charge < -0.3 is 14.8 Å². The zero-order chi connectivity index (χ0) is 14.0. The van der Waals surface area contributed by atoms with Crippen molar-refractivity contribution in [1.29, 1.82) is 0 Å². The van der Waals surface area contributed by atoms with Gasteiger partial charge in [-0.05, 0) is 25.0 Å². The fourth-order valence-corrected chi connectivity index (χ4v) is 1.97. The summed E-state index contributed by atoms with van der Waals surface area (Å²) in [4.78, 5) is 26.1. The van der Waals surface area contributed by atoms with Gasteiger partial charge in [0.25, 0.3) is 5.56 Å². The number of aryl methyl sites for hydroxylation is 1. The molecule has 5 heteroatoms. The highest BCUT2D eigenvalue weighted by Crippen LogP contribution is 2.24. The van der Waals surface area contributed by atoms with Gasteiger partial charge >= 0.3 is 5.97 Å². The van der Waals surface area contributed by atoms with Crippen LogP contribution in [0.2, 0.25) is 0 Å². The van der Waals surface area contributed by atoms with Crippen LogP contribution >= 0.6 is 0 Å². The topological polar surface area (TPSA) is 79.4 Å². The van der Waals surface area contributed by atoms with E-state index in [1.165, 1.54) is 0 Å². The SMILES string of the molecule is CCOC(=O)c1c(O)c(=O)[nH]c2cc(CC)ccc12. The lowest BCUT2D eigenvalue weighted by Gasteiger charge is -2.08. The molecule has 1 heterocycles. The van der Waals surface area contributed by atoms with Crippen LogP contribution in [0.4, 0.5) is 0 Å². The number of carbonyl (C=O) groups is 1. The molecule has 2 N–H and O–H groups in total. The maximum Gasteiger partial charge on any atom is 0.342 e. The average molecular weight is 261 g/mol. The molecule has 0 saturated heterocycles. The van der Waals surface area contributed by atoms with Gasteiger partial charge in [-0.25, -0.2) is 4.79 Å². The van der Waals surface area contributed by atoms with Crippen LogP contribution in [0, 0.1) is 0 Å². The molecule has 5 nitrogen and oxygen atoms in total.